The summed E-state index contributed by atoms with van der Waals surface area (Å²) in [6.07, 6.45) is 0. The lowest BCUT2D eigenvalue weighted by molar-refractivity contribution is 0.0930. The first-order chi connectivity index (χ1) is 9.19. The highest BCUT2D eigenvalue weighted by Gasteiger charge is 2.19. The molecule has 0 spiro atoms. The molecule has 1 unspecified atom stereocenters. The molecule has 0 saturated heterocycles. The highest BCUT2D eigenvalue weighted by molar-refractivity contribution is 7.89. The second-order valence-corrected chi connectivity index (χ2v) is 7.15. The van der Waals surface area contributed by atoms with Crippen LogP contribution in [0, 0.1) is 5.92 Å². The van der Waals surface area contributed by atoms with Gasteiger partial charge in [0, 0.05) is 6.04 Å². The van der Waals surface area contributed by atoms with E-state index in [9.17, 15) is 13.2 Å². The van der Waals surface area contributed by atoms with E-state index >= 15 is 0 Å². The van der Waals surface area contributed by atoms with Crippen molar-refractivity contribution < 1.29 is 13.2 Å². The molecule has 1 aromatic carbocycles. The summed E-state index contributed by atoms with van der Waals surface area (Å²) in [4.78, 5) is 12.1. The highest BCUT2D eigenvalue weighted by atomic mass is 35.5. The molecular formula is C13H19ClN2O3S. The van der Waals surface area contributed by atoms with Crippen molar-refractivity contribution in [3.8, 4) is 0 Å². The van der Waals surface area contributed by atoms with Crippen molar-refractivity contribution in [2.75, 3.05) is 7.05 Å². The smallest absolute Gasteiger partial charge is 0.253 e. The third kappa shape index (κ3) is 3.94. The minimum Gasteiger partial charge on any atom is -0.349 e. The van der Waals surface area contributed by atoms with Gasteiger partial charge in [-0.1, -0.05) is 25.4 Å². The average molecular weight is 319 g/mol. The summed E-state index contributed by atoms with van der Waals surface area (Å²) in [5.41, 5.74) is 0.149. The molecule has 0 aromatic heterocycles. The fourth-order valence-corrected chi connectivity index (χ4v) is 2.37. The molecule has 0 aliphatic heterocycles. The van der Waals surface area contributed by atoms with Crippen LogP contribution in [0.2, 0.25) is 5.02 Å². The number of hydrogen-bond acceptors (Lipinski definition) is 3. The Kier molecular flexibility index (Phi) is 5.56. The topological polar surface area (TPSA) is 75.3 Å². The number of benzene rings is 1. The summed E-state index contributed by atoms with van der Waals surface area (Å²) < 4.78 is 25.7. The molecule has 0 saturated carbocycles. The average Bonchev–Trinajstić information content (AvgIpc) is 2.38. The summed E-state index contributed by atoms with van der Waals surface area (Å²) in [7, 11) is -2.29. The third-order valence-electron chi connectivity index (χ3n) is 3.12. The Morgan fingerprint density at radius 3 is 2.35 bits per heavy atom. The normalized spacial score (nSPS) is 13.3. The van der Waals surface area contributed by atoms with E-state index < -0.39 is 10.0 Å². The van der Waals surface area contributed by atoms with Crippen molar-refractivity contribution in [1.82, 2.24) is 10.0 Å². The van der Waals surface area contributed by atoms with Gasteiger partial charge in [0.2, 0.25) is 10.0 Å². The van der Waals surface area contributed by atoms with Crippen LogP contribution in [0.5, 0.6) is 0 Å². The van der Waals surface area contributed by atoms with Gasteiger partial charge < -0.3 is 5.32 Å². The molecule has 5 nitrogen and oxygen atoms in total. The monoisotopic (exact) mass is 318 g/mol. The second kappa shape index (κ2) is 6.56. The van der Waals surface area contributed by atoms with E-state index in [2.05, 4.69) is 10.0 Å². The highest BCUT2D eigenvalue weighted by Crippen LogP contribution is 2.20. The van der Waals surface area contributed by atoms with Gasteiger partial charge in [0.05, 0.1) is 15.5 Å². The van der Waals surface area contributed by atoms with Crippen molar-refractivity contribution in [3.05, 3.63) is 28.8 Å². The number of hydrogen-bond donors (Lipinski definition) is 2. The molecular weight excluding hydrogens is 300 g/mol. The maximum Gasteiger partial charge on any atom is 0.253 e. The Labute approximate surface area is 124 Å². The van der Waals surface area contributed by atoms with Crippen molar-refractivity contribution in [2.45, 2.75) is 31.7 Å². The minimum atomic E-state index is -3.60. The number of sulfonamides is 1. The van der Waals surface area contributed by atoms with E-state index in [0.717, 1.165) is 0 Å². The van der Waals surface area contributed by atoms with Crippen LogP contribution in [0.25, 0.3) is 0 Å². The van der Waals surface area contributed by atoms with Gasteiger partial charge in [-0.3, -0.25) is 4.79 Å². The molecule has 2 N–H and O–H groups in total. The summed E-state index contributed by atoms with van der Waals surface area (Å²) in [5.74, 6) is -0.119. The van der Waals surface area contributed by atoms with Gasteiger partial charge in [-0.15, -0.1) is 0 Å². The quantitative estimate of drug-likeness (QED) is 0.872. The van der Waals surface area contributed by atoms with Crippen molar-refractivity contribution in [1.29, 1.82) is 0 Å². The lowest BCUT2D eigenvalue weighted by Crippen LogP contribution is -2.36. The molecule has 7 heteroatoms. The maximum absolute atomic E-state index is 12.1. The van der Waals surface area contributed by atoms with E-state index in [-0.39, 0.29) is 33.3 Å². The molecule has 112 valence electrons. The van der Waals surface area contributed by atoms with Gasteiger partial charge in [-0.2, -0.15) is 0 Å². The Bertz CT molecular complexity index is 600. The fraction of sp³-hybridized carbons (Fsp3) is 0.462. The fourth-order valence-electron chi connectivity index (χ4n) is 1.41. The van der Waals surface area contributed by atoms with Gasteiger partial charge in [-0.25, -0.2) is 13.1 Å². The number of rotatable bonds is 5. The lowest BCUT2D eigenvalue weighted by atomic mass is 10.1. The van der Waals surface area contributed by atoms with Gasteiger partial charge in [0.25, 0.3) is 5.91 Å². The summed E-state index contributed by atoms with van der Waals surface area (Å²) in [6, 6.07) is 4.00. The number of carbonyl (C=O) groups is 1. The van der Waals surface area contributed by atoms with Gasteiger partial charge in [0.1, 0.15) is 0 Å². The van der Waals surface area contributed by atoms with Crippen LogP contribution in [-0.4, -0.2) is 27.4 Å². The number of carbonyl (C=O) groups excluding carboxylic acids is 1. The summed E-state index contributed by atoms with van der Waals surface area (Å²) in [6.45, 7) is 5.84. The predicted octanol–water partition coefficient (Wildman–Crippen LogP) is 2.02. The first-order valence-electron chi connectivity index (χ1n) is 6.23. The van der Waals surface area contributed by atoms with E-state index in [4.69, 9.17) is 11.6 Å². The zero-order chi connectivity index (χ0) is 15.5. The van der Waals surface area contributed by atoms with Crippen LogP contribution in [0.3, 0.4) is 0 Å². The van der Waals surface area contributed by atoms with E-state index in [1.165, 1.54) is 25.2 Å². The maximum atomic E-state index is 12.1. The van der Waals surface area contributed by atoms with Crippen LogP contribution in [-0.2, 0) is 10.0 Å². The molecule has 0 heterocycles. The van der Waals surface area contributed by atoms with Crippen LogP contribution in [0.4, 0.5) is 0 Å². The molecule has 0 aliphatic rings. The second-order valence-electron chi connectivity index (χ2n) is 4.86. The minimum absolute atomic E-state index is 0.00625. The SMILES string of the molecule is CNS(=O)(=O)c1ccc(Cl)c(C(=O)NC(C)C(C)C)c1. The molecule has 1 atom stereocenters. The Balaban J connectivity index is 3.12. The first kappa shape index (κ1) is 16.9. The standard InChI is InChI=1S/C13H19ClN2O3S/c1-8(2)9(3)16-13(17)11-7-10(5-6-12(11)14)20(18,19)15-4/h5-9,15H,1-4H3,(H,16,17). The largest absolute Gasteiger partial charge is 0.349 e. The predicted molar refractivity (Wildman–Crippen MR) is 79.5 cm³/mol. The van der Waals surface area contributed by atoms with Crippen molar-refractivity contribution >= 4 is 27.5 Å². The van der Waals surface area contributed by atoms with Crippen LogP contribution < -0.4 is 10.0 Å². The van der Waals surface area contributed by atoms with Gasteiger partial charge in [-0.05, 0) is 38.1 Å². The Morgan fingerprint density at radius 1 is 1.25 bits per heavy atom. The number of nitrogens with one attached hydrogen (secondary N) is 2. The summed E-state index contributed by atoms with van der Waals surface area (Å²) >= 11 is 5.97. The molecule has 1 rings (SSSR count). The van der Waals surface area contributed by atoms with Crippen LogP contribution in [0.1, 0.15) is 31.1 Å². The summed E-state index contributed by atoms with van der Waals surface area (Å²) in [5, 5.41) is 3.01. The number of halogens is 1. The molecule has 1 amide bonds. The molecule has 1 aromatic rings. The van der Waals surface area contributed by atoms with Crippen LogP contribution >= 0.6 is 11.6 Å². The van der Waals surface area contributed by atoms with Crippen LogP contribution in [0.15, 0.2) is 23.1 Å². The zero-order valence-corrected chi connectivity index (χ0v) is 13.5. The van der Waals surface area contributed by atoms with Crippen molar-refractivity contribution in [3.63, 3.8) is 0 Å². The van der Waals surface area contributed by atoms with E-state index in [1.54, 1.807) is 0 Å². The Morgan fingerprint density at radius 2 is 1.85 bits per heavy atom. The van der Waals surface area contributed by atoms with Gasteiger partial charge in [0.15, 0.2) is 0 Å². The molecule has 0 fully saturated rings. The molecule has 0 bridgehead atoms. The third-order valence-corrected chi connectivity index (χ3v) is 4.86. The first-order valence-corrected chi connectivity index (χ1v) is 8.09. The zero-order valence-electron chi connectivity index (χ0n) is 11.9. The van der Waals surface area contributed by atoms with Crippen molar-refractivity contribution in [2.24, 2.45) is 5.92 Å². The molecule has 0 radical (unpaired) electrons. The molecule has 0 aliphatic carbocycles. The molecule has 20 heavy (non-hydrogen) atoms. The lowest BCUT2D eigenvalue weighted by Gasteiger charge is -2.18. The Hall–Kier alpha value is -1.11. The number of amides is 1. The van der Waals surface area contributed by atoms with E-state index in [1.807, 2.05) is 20.8 Å². The van der Waals surface area contributed by atoms with Gasteiger partial charge >= 0.3 is 0 Å². The van der Waals surface area contributed by atoms with E-state index in [0.29, 0.717) is 0 Å².